The van der Waals surface area contributed by atoms with Crippen LogP contribution in [0, 0.1) is 23.7 Å². The van der Waals surface area contributed by atoms with Gasteiger partial charge in [-0.3, -0.25) is 4.79 Å². The maximum absolute atomic E-state index is 11.2. The van der Waals surface area contributed by atoms with Gasteiger partial charge in [-0.05, 0) is 18.3 Å². The van der Waals surface area contributed by atoms with Crippen molar-refractivity contribution >= 4 is 5.97 Å². The predicted octanol–water partition coefficient (Wildman–Crippen LogP) is 1.55. The molecule has 5 heteroatoms. The van der Waals surface area contributed by atoms with E-state index in [4.69, 9.17) is 9.84 Å². The smallest absolute Gasteiger partial charge is 0.303 e. The van der Waals surface area contributed by atoms with Crippen LogP contribution in [-0.2, 0) is 9.53 Å². The van der Waals surface area contributed by atoms with Gasteiger partial charge in [0.15, 0.2) is 12.2 Å². The van der Waals surface area contributed by atoms with Gasteiger partial charge in [-0.1, -0.05) is 63.5 Å². The molecule has 0 aliphatic heterocycles. The van der Waals surface area contributed by atoms with Crippen LogP contribution in [0.25, 0.3) is 0 Å². The summed E-state index contributed by atoms with van der Waals surface area (Å²) in [7, 11) is 0. The van der Waals surface area contributed by atoms with Crippen molar-refractivity contribution in [1.82, 2.24) is 0 Å². The Bertz CT molecular complexity index is 491. The lowest BCUT2D eigenvalue weighted by Gasteiger charge is -2.24. The second-order valence-corrected chi connectivity index (χ2v) is 5.51. The monoisotopic (exact) mass is 336 g/mol. The van der Waals surface area contributed by atoms with Crippen LogP contribution in [0.3, 0.4) is 0 Å². The SMILES string of the molecule is C=CC(O)C#CC#C[C@@H](O)[C@H](OC(C)=O)[C@H](O)CCCCCCC. The van der Waals surface area contributed by atoms with Crippen molar-refractivity contribution in [2.45, 2.75) is 76.8 Å². The van der Waals surface area contributed by atoms with E-state index < -0.39 is 30.4 Å². The number of aliphatic hydroxyl groups is 3. The Morgan fingerprint density at radius 2 is 1.75 bits per heavy atom. The van der Waals surface area contributed by atoms with Gasteiger partial charge in [-0.15, -0.1) is 0 Å². The molecular weight excluding hydrogens is 308 g/mol. The van der Waals surface area contributed by atoms with Gasteiger partial charge in [-0.2, -0.15) is 0 Å². The van der Waals surface area contributed by atoms with Gasteiger partial charge >= 0.3 is 5.97 Å². The predicted molar refractivity (Wildman–Crippen MR) is 92.7 cm³/mol. The molecule has 24 heavy (non-hydrogen) atoms. The first-order chi connectivity index (χ1) is 11.4. The summed E-state index contributed by atoms with van der Waals surface area (Å²) in [4.78, 5) is 11.2. The molecular formula is C19H28O5. The third-order valence-electron chi connectivity index (χ3n) is 3.32. The van der Waals surface area contributed by atoms with Gasteiger partial charge in [0.2, 0.25) is 0 Å². The Morgan fingerprint density at radius 3 is 2.33 bits per heavy atom. The molecule has 4 atom stereocenters. The Morgan fingerprint density at radius 1 is 1.12 bits per heavy atom. The van der Waals surface area contributed by atoms with E-state index in [1.165, 1.54) is 13.0 Å². The largest absolute Gasteiger partial charge is 0.456 e. The molecule has 3 N–H and O–H groups in total. The highest BCUT2D eigenvalue weighted by Crippen LogP contribution is 2.14. The fourth-order valence-corrected chi connectivity index (χ4v) is 2.03. The van der Waals surface area contributed by atoms with E-state index >= 15 is 0 Å². The second kappa shape index (κ2) is 13.6. The van der Waals surface area contributed by atoms with E-state index in [0.717, 1.165) is 32.1 Å². The standard InChI is InChI=1S/C19H28O5/c1-4-6-7-8-9-13-17(22)19(24-15(3)20)18(23)14-11-10-12-16(21)5-2/h5,16-19,21-23H,2,4,6-9,13H2,1,3H3/t16?,17-,18-,19-/m1/s1. The van der Waals surface area contributed by atoms with Crippen LogP contribution in [0.1, 0.15) is 52.4 Å². The van der Waals surface area contributed by atoms with E-state index in [-0.39, 0.29) is 0 Å². The number of aliphatic hydroxyl groups excluding tert-OH is 3. The van der Waals surface area contributed by atoms with Crippen LogP contribution in [0.15, 0.2) is 12.7 Å². The lowest BCUT2D eigenvalue weighted by Crippen LogP contribution is -2.40. The second-order valence-electron chi connectivity index (χ2n) is 5.51. The van der Waals surface area contributed by atoms with Gasteiger partial charge in [0.25, 0.3) is 0 Å². The Labute approximate surface area is 144 Å². The number of hydrogen-bond acceptors (Lipinski definition) is 5. The van der Waals surface area contributed by atoms with Gasteiger partial charge in [0.05, 0.1) is 6.10 Å². The van der Waals surface area contributed by atoms with Crippen LogP contribution < -0.4 is 0 Å². The summed E-state index contributed by atoms with van der Waals surface area (Å²) in [6.07, 6.45) is 2.33. The zero-order chi connectivity index (χ0) is 18.4. The minimum atomic E-state index is -1.35. The molecule has 0 saturated heterocycles. The molecule has 0 aromatic rings. The molecule has 0 spiro atoms. The van der Waals surface area contributed by atoms with Crippen LogP contribution >= 0.6 is 0 Å². The molecule has 1 unspecified atom stereocenters. The highest BCUT2D eigenvalue weighted by atomic mass is 16.6. The molecule has 0 heterocycles. The zero-order valence-electron chi connectivity index (χ0n) is 14.5. The molecule has 0 rings (SSSR count). The number of ether oxygens (including phenoxy) is 1. The summed E-state index contributed by atoms with van der Waals surface area (Å²) in [5, 5.41) is 29.4. The lowest BCUT2D eigenvalue weighted by molar-refractivity contribution is -0.159. The van der Waals surface area contributed by atoms with E-state index in [9.17, 15) is 15.0 Å². The van der Waals surface area contributed by atoms with Crippen LogP contribution in [0.4, 0.5) is 0 Å². The maximum Gasteiger partial charge on any atom is 0.303 e. The van der Waals surface area contributed by atoms with E-state index in [1.54, 1.807) is 0 Å². The number of esters is 1. The maximum atomic E-state index is 11.2. The van der Waals surface area contributed by atoms with Crippen molar-refractivity contribution in [3.63, 3.8) is 0 Å². The number of hydrogen-bond donors (Lipinski definition) is 3. The highest BCUT2D eigenvalue weighted by Gasteiger charge is 2.28. The number of unbranched alkanes of at least 4 members (excludes halogenated alkanes) is 4. The van der Waals surface area contributed by atoms with Crippen molar-refractivity contribution in [2.75, 3.05) is 0 Å². The summed E-state index contributed by atoms with van der Waals surface area (Å²) >= 11 is 0. The van der Waals surface area contributed by atoms with Crippen molar-refractivity contribution < 1.29 is 24.9 Å². The van der Waals surface area contributed by atoms with Crippen molar-refractivity contribution in [2.24, 2.45) is 0 Å². The van der Waals surface area contributed by atoms with Crippen LogP contribution in [0.5, 0.6) is 0 Å². The summed E-state index contributed by atoms with van der Waals surface area (Å²) in [6.45, 7) is 6.70. The molecule has 5 nitrogen and oxygen atoms in total. The summed E-state index contributed by atoms with van der Waals surface area (Å²) in [5.74, 6) is 8.93. The summed E-state index contributed by atoms with van der Waals surface area (Å²) < 4.78 is 5.00. The van der Waals surface area contributed by atoms with Gasteiger partial charge < -0.3 is 20.1 Å². The Balaban J connectivity index is 4.66. The zero-order valence-corrected chi connectivity index (χ0v) is 14.5. The topological polar surface area (TPSA) is 87.0 Å². The fraction of sp³-hybridized carbons (Fsp3) is 0.632. The van der Waals surface area contributed by atoms with Crippen molar-refractivity contribution in [3.05, 3.63) is 12.7 Å². The Kier molecular flexibility index (Phi) is 12.6. The van der Waals surface area contributed by atoms with Gasteiger partial charge in [0.1, 0.15) is 6.10 Å². The normalized spacial score (nSPS) is 14.9. The minimum absolute atomic E-state index is 0.418. The summed E-state index contributed by atoms with van der Waals surface area (Å²) in [6, 6.07) is 0. The van der Waals surface area contributed by atoms with Gasteiger partial charge in [0, 0.05) is 6.92 Å². The van der Waals surface area contributed by atoms with Crippen molar-refractivity contribution in [1.29, 1.82) is 0 Å². The number of carbonyl (C=O) groups excluding carboxylic acids is 1. The molecule has 0 aliphatic rings. The number of rotatable bonds is 10. The first-order valence-electron chi connectivity index (χ1n) is 8.27. The lowest BCUT2D eigenvalue weighted by atomic mass is 10.0. The van der Waals surface area contributed by atoms with Crippen LogP contribution in [0.2, 0.25) is 0 Å². The molecule has 0 radical (unpaired) electrons. The van der Waals surface area contributed by atoms with Crippen molar-refractivity contribution in [3.8, 4) is 23.7 Å². The van der Waals surface area contributed by atoms with E-state index in [0.29, 0.717) is 6.42 Å². The molecule has 134 valence electrons. The quantitative estimate of drug-likeness (QED) is 0.244. The van der Waals surface area contributed by atoms with E-state index in [2.05, 4.69) is 37.2 Å². The first kappa shape index (κ1) is 22.2. The average Bonchev–Trinajstić information content (AvgIpc) is 2.55. The molecule has 0 saturated carbocycles. The minimum Gasteiger partial charge on any atom is -0.456 e. The number of carbonyl (C=O) groups is 1. The third kappa shape index (κ3) is 10.9. The van der Waals surface area contributed by atoms with Crippen LogP contribution in [-0.4, -0.2) is 45.7 Å². The summed E-state index contributed by atoms with van der Waals surface area (Å²) in [5.41, 5.74) is 0. The van der Waals surface area contributed by atoms with E-state index in [1.807, 2.05) is 0 Å². The Hall–Kier alpha value is -1.79. The third-order valence-corrected chi connectivity index (χ3v) is 3.32. The average molecular weight is 336 g/mol. The highest BCUT2D eigenvalue weighted by molar-refractivity contribution is 5.66. The van der Waals surface area contributed by atoms with Gasteiger partial charge in [-0.25, -0.2) is 0 Å². The molecule has 0 aromatic carbocycles. The molecule has 0 amide bonds. The molecule has 0 aliphatic carbocycles. The molecule has 0 aromatic heterocycles. The fourth-order valence-electron chi connectivity index (χ4n) is 2.03. The molecule has 0 bridgehead atoms. The first-order valence-corrected chi connectivity index (χ1v) is 8.27. The molecule has 0 fully saturated rings.